The molecule has 17 heavy (non-hydrogen) atoms. The number of rotatable bonds is 8. The summed E-state index contributed by atoms with van der Waals surface area (Å²) in [4.78, 5) is 2.20. The molecule has 1 saturated carbocycles. The highest BCUT2D eigenvalue weighted by molar-refractivity contribution is 5.16. The topological polar surface area (TPSA) is 51.6 Å². The second kappa shape index (κ2) is 6.19. The molecule has 4 heteroatoms. The van der Waals surface area contributed by atoms with Crippen LogP contribution >= 0.6 is 0 Å². The number of nitrogens with two attached hydrogens (primary N) is 1. The van der Waals surface area contributed by atoms with E-state index < -0.39 is 0 Å². The van der Waals surface area contributed by atoms with Crippen LogP contribution in [-0.4, -0.2) is 31.7 Å². The Kier molecular flexibility index (Phi) is 4.59. The average Bonchev–Trinajstić information content (AvgIpc) is 3.04. The second-order valence-corrected chi connectivity index (χ2v) is 4.83. The van der Waals surface area contributed by atoms with Crippen LogP contribution in [0.15, 0.2) is 16.7 Å². The van der Waals surface area contributed by atoms with Gasteiger partial charge in [-0.05, 0) is 31.9 Å². The first-order valence-corrected chi connectivity index (χ1v) is 6.31. The fourth-order valence-electron chi connectivity index (χ4n) is 1.77. The van der Waals surface area contributed by atoms with E-state index in [4.69, 9.17) is 14.9 Å². The number of hydrogen-bond donors (Lipinski definition) is 1. The van der Waals surface area contributed by atoms with E-state index in [9.17, 15) is 0 Å². The van der Waals surface area contributed by atoms with Crippen LogP contribution in [0.2, 0.25) is 0 Å². The van der Waals surface area contributed by atoms with Gasteiger partial charge in [0, 0.05) is 25.3 Å². The van der Waals surface area contributed by atoms with Gasteiger partial charge < -0.3 is 14.9 Å². The van der Waals surface area contributed by atoms with Crippen molar-refractivity contribution < 1.29 is 9.15 Å². The van der Waals surface area contributed by atoms with Crippen LogP contribution in [0.4, 0.5) is 0 Å². The Balaban J connectivity index is 1.63. The third kappa shape index (κ3) is 4.15. The standard InChI is InChI=1S/C13H22N2O2/c1-15(5-7-16-10-11-2-3-11)9-13-12(8-14)4-6-17-13/h4,6,11H,2-3,5,7-10,14H2,1H3. The van der Waals surface area contributed by atoms with E-state index in [1.807, 2.05) is 6.07 Å². The lowest BCUT2D eigenvalue weighted by atomic mass is 10.2. The number of hydrogen-bond acceptors (Lipinski definition) is 4. The highest BCUT2D eigenvalue weighted by Crippen LogP contribution is 2.28. The summed E-state index contributed by atoms with van der Waals surface area (Å²) in [6.07, 6.45) is 4.40. The zero-order valence-corrected chi connectivity index (χ0v) is 10.5. The van der Waals surface area contributed by atoms with Crippen molar-refractivity contribution in [1.29, 1.82) is 0 Å². The van der Waals surface area contributed by atoms with E-state index in [1.165, 1.54) is 12.8 Å². The Hall–Kier alpha value is -0.840. The maximum Gasteiger partial charge on any atom is 0.122 e. The summed E-state index contributed by atoms with van der Waals surface area (Å²) in [5.74, 6) is 1.81. The summed E-state index contributed by atoms with van der Waals surface area (Å²) in [5, 5.41) is 0. The van der Waals surface area contributed by atoms with E-state index in [-0.39, 0.29) is 0 Å². The highest BCUT2D eigenvalue weighted by Gasteiger charge is 2.21. The molecular formula is C13H22N2O2. The van der Waals surface area contributed by atoms with Gasteiger partial charge >= 0.3 is 0 Å². The van der Waals surface area contributed by atoms with Gasteiger partial charge in [-0.3, -0.25) is 4.90 Å². The van der Waals surface area contributed by atoms with E-state index in [0.717, 1.165) is 43.5 Å². The van der Waals surface area contributed by atoms with Crippen molar-refractivity contribution in [3.8, 4) is 0 Å². The third-order valence-electron chi connectivity index (χ3n) is 3.14. The molecule has 0 bridgehead atoms. The number of furan rings is 1. The van der Waals surface area contributed by atoms with E-state index in [1.54, 1.807) is 6.26 Å². The van der Waals surface area contributed by atoms with Crippen LogP contribution < -0.4 is 5.73 Å². The molecule has 0 aromatic carbocycles. The first-order chi connectivity index (χ1) is 8.29. The van der Waals surface area contributed by atoms with Crippen LogP contribution in [0.1, 0.15) is 24.2 Å². The van der Waals surface area contributed by atoms with Crippen LogP contribution in [0.5, 0.6) is 0 Å². The van der Waals surface area contributed by atoms with Gasteiger partial charge in [0.2, 0.25) is 0 Å². The van der Waals surface area contributed by atoms with E-state index >= 15 is 0 Å². The molecule has 0 aliphatic heterocycles. The minimum atomic E-state index is 0.540. The number of nitrogens with zero attached hydrogens (tertiary/aromatic N) is 1. The quantitative estimate of drug-likeness (QED) is 0.699. The van der Waals surface area contributed by atoms with Gasteiger partial charge in [-0.2, -0.15) is 0 Å². The molecule has 4 nitrogen and oxygen atoms in total. The molecule has 2 N–H and O–H groups in total. The van der Waals surface area contributed by atoms with Crippen molar-refractivity contribution in [2.45, 2.75) is 25.9 Å². The minimum Gasteiger partial charge on any atom is -0.468 e. The van der Waals surface area contributed by atoms with Crippen molar-refractivity contribution in [2.75, 3.05) is 26.8 Å². The minimum absolute atomic E-state index is 0.540. The van der Waals surface area contributed by atoms with Crippen LogP contribution in [0.3, 0.4) is 0 Å². The predicted octanol–water partition coefficient (Wildman–Crippen LogP) is 1.60. The summed E-state index contributed by atoms with van der Waals surface area (Å²) in [5.41, 5.74) is 6.72. The van der Waals surface area contributed by atoms with E-state index in [2.05, 4.69) is 11.9 Å². The molecular weight excluding hydrogens is 216 g/mol. The molecule has 0 unspecified atom stereocenters. The summed E-state index contributed by atoms with van der Waals surface area (Å²) in [6.45, 7) is 4.00. The van der Waals surface area contributed by atoms with E-state index in [0.29, 0.717) is 6.54 Å². The van der Waals surface area contributed by atoms with Crippen molar-refractivity contribution in [3.63, 3.8) is 0 Å². The molecule has 0 spiro atoms. The lowest BCUT2D eigenvalue weighted by Crippen LogP contribution is -2.23. The van der Waals surface area contributed by atoms with Gasteiger partial charge in [-0.1, -0.05) is 0 Å². The second-order valence-electron chi connectivity index (χ2n) is 4.83. The fraction of sp³-hybridized carbons (Fsp3) is 0.692. The highest BCUT2D eigenvalue weighted by atomic mass is 16.5. The Morgan fingerprint density at radius 1 is 1.53 bits per heavy atom. The lowest BCUT2D eigenvalue weighted by Gasteiger charge is -2.15. The van der Waals surface area contributed by atoms with Gasteiger partial charge in [0.25, 0.3) is 0 Å². The SMILES string of the molecule is CN(CCOCC1CC1)Cc1occc1CN. The molecule has 1 fully saturated rings. The molecule has 96 valence electrons. The molecule has 1 aromatic rings. The Morgan fingerprint density at radius 3 is 3.06 bits per heavy atom. The van der Waals surface area contributed by atoms with Crippen LogP contribution in [0, 0.1) is 5.92 Å². The molecule has 1 aromatic heterocycles. The predicted molar refractivity (Wildman–Crippen MR) is 66.5 cm³/mol. The number of ether oxygens (including phenoxy) is 1. The Bertz CT molecular complexity index is 334. The van der Waals surface area contributed by atoms with Crippen LogP contribution in [0.25, 0.3) is 0 Å². The average molecular weight is 238 g/mol. The Labute approximate surface area is 103 Å². The molecule has 0 radical (unpaired) electrons. The zero-order valence-electron chi connectivity index (χ0n) is 10.5. The molecule has 1 aliphatic carbocycles. The van der Waals surface area contributed by atoms with Gasteiger partial charge in [-0.15, -0.1) is 0 Å². The smallest absolute Gasteiger partial charge is 0.122 e. The largest absolute Gasteiger partial charge is 0.468 e. The first-order valence-electron chi connectivity index (χ1n) is 6.31. The van der Waals surface area contributed by atoms with Gasteiger partial charge in [0.15, 0.2) is 0 Å². The molecule has 0 saturated heterocycles. The maximum absolute atomic E-state index is 5.63. The van der Waals surface area contributed by atoms with Gasteiger partial charge in [0.1, 0.15) is 5.76 Å². The van der Waals surface area contributed by atoms with Crippen molar-refractivity contribution in [1.82, 2.24) is 4.90 Å². The third-order valence-corrected chi connectivity index (χ3v) is 3.14. The van der Waals surface area contributed by atoms with Crippen molar-refractivity contribution in [2.24, 2.45) is 11.7 Å². The normalized spacial score (nSPS) is 15.7. The van der Waals surface area contributed by atoms with Crippen LogP contribution in [-0.2, 0) is 17.8 Å². The first kappa shape index (κ1) is 12.6. The van der Waals surface area contributed by atoms with Crippen molar-refractivity contribution >= 4 is 0 Å². The molecule has 1 aliphatic rings. The molecule has 0 atom stereocenters. The summed E-state index contributed by atoms with van der Waals surface area (Å²) in [6, 6.07) is 1.94. The monoisotopic (exact) mass is 238 g/mol. The van der Waals surface area contributed by atoms with Crippen molar-refractivity contribution in [3.05, 3.63) is 23.7 Å². The summed E-state index contributed by atoms with van der Waals surface area (Å²) >= 11 is 0. The van der Waals surface area contributed by atoms with Gasteiger partial charge in [-0.25, -0.2) is 0 Å². The maximum atomic E-state index is 5.63. The Morgan fingerprint density at radius 2 is 2.35 bits per heavy atom. The lowest BCUT2D eigenvalue weighted by molar-refractivity contribution is 0.0999. The molecule has 2 rings (SSSR count). The fourth-order valence-corrected chi connectivity index (χ4v) is 1.77. The van der Waals surface area contributed by atoms with Gasteiger partial charge in [0.05, 0.1) is 19.4 Å². The molecule has 1 heterocycles. The summed E-state index contributed by atoms with van der Waals surface area (Å²) < 4.78 is 11.0. The summed E-state index contributed by atoms with van der Waals surface area (Å²) in [7, 11) is 2.07. The number of likely N-dealkylation sites (N-methyl/N-ethyl adjacent to an activating group) is 1. The zero-order chi connectivity index (χ0) is 12.1. The molecule has 0 amide bonds.